The second-order valence-electron chi connectivity index (χ2n) is 6.29. The first-order valence-corrected chi connectivity index (χ1v) is 10.2. The molecule has 0 unspecified atom stereocenters. The number of sulfone groups is 1. The van der Waals surface area contributed by atoms with E-state index in [0.717, 1.165) is 12.1 Å². The van der Waals surface area contributed by atoms with Crippen molar-refractivity contribution >= 4 is 21.6 Å². The lowest BCUT2D eigenvalue weighted by molar-refractivity contribution is 0.0995. The molecule has 142 valence electrons. The Morgan fingerprint density at radius 3 is 2.41 bits per heavy atom. The van der Waals surface area contributed by atoms with Gasteiger partial charge >= 0.3 is 0 Å². The quantitative estimate of drug-likeness (QED) is 0.689. The average Bonchev–Trinajstić information content (AvgIpc) is 3.27. The monoisotopic (exact) mass is 386 g/mol. The van der Waals surface area contributed by atoms with Crippen molar-refractivity contribution in [2.24, 2.45) is 0 Å². The van der Waals surface area contributed by atoms with Gasteiger partial charge in [0.2, 0.25) is 9.84 Å². The smallest absolute Gasteiger partial charge is 0.292 e. The Morgan fingerprint density at radius 2 is 1.81 bits per heavy atom. The minimum Gasteiger partial charge on any atom is -0.459 e. The van der Waals surface area contributed by atoms with Crippen LogP contribution in [0.5, 0.6) is 0 Å². The van der Waals surface area contributed by atoms with E-state index in [1.165, 1.54) is 12.3 Å². The van der Waals surface area contributed by atoms with Gasteiger partial charge in [0.25, 0.3) is 5.91 Å². The third-order valence-corrected chi connectivity index (χ3v) is 6.45. The van der Waals surface area contributed by atoms with E-state index in [-0.39, 0.29) is 21.4 Å². The van der Waals surface area contributed by atoms with Crippen LogP contribution >= 0.6 is 0 Å². The minimum absolute atomic E-state index is 0.123. The zero-order chi connectivity index (χ0) is 19.6. The number of carbonyl (C=O) groups excluding carboxylic acids is 1. The van der Waals surface area contributed by atoms with Gasteiger partial charge in [-0.3, -0.25) is 4.79 Å². The van der Waals surface area contributed by atoms with Crippen LogP contribution < -0.4 is 5.32 Å². The summed E-state index contributed by atoms with van der Waals surface area (Å²) in [7, 11) is -3.80. The van der Waals surface area contributed by atoms with E-state index in [2.05, 4.69) is 5.32 Å². The van der Waals surface area contributed by atoms with Crippen LogP contribution in [-0.4, -0.2) is 18.9 Å². The van der Waals surface area contributed by atoms with E-state index in [9.17, 15) is 13.2 Å². The Hall–Kier alpha value is -2.80. The normalized spacial score (nSPS) is 11.5. The molecule has 7 heteroatoms. The molecule has 0 radical (unpaired) electrons. The summed E-state index contributed by atoms with van der Waals surface area (Å²) in [6.07, 6.45) is 2.20. The van der Waals surface area contributed by atoms with Gasteiger partial charge in [-0.25, -0.2) is 8.42 Å². The third kappa shape index (κ3) is 3.42. The number of benzene rings is 1. The summed E-state index contributed by atoms with van der Waals surface area (Å²) in [4.78, 5) is 12.9. The zero-order valence-electron chi connectivity index (χ0n) is 15.5. The SMILES string of the molecule is CCCn1c(C)c(C)c(S(=O)(=O)c2ccccc2)c1NC(=O)c1ccco1. The number of aromatic nitrogens is 1. The van der Waals surface area contributed by atoms with Gasteiger partial charge in [-0.15, -0.1) is 0 Å². The van der Waals surface area contributed by atoms with E-state index in [1.807, 2.05) is 18.4 Å². The van der Waals surface area contributed by atoms with Crippen LogP contribution in [0.2, 0.25) is 0 Å². The molecule has 0 aliphatic heterocycles. The molecule has 27 heavy (non-hydrogen) atoms. The van der Waals surface area contributed by atoms with Crippen molar-refractivity contribution in [3.05, 3.63) is 65.7 Å². The standard InChI is InChI=1S/C20H22N2O4S/c1-4-12-22-15(3)14(2)18(27(24,25)16-9-6-5-7-10-16)19(22)21-20(23)17-11-8-13-26-17/h5-11,13H,4,12H2,1-3H3,(H,21,23). The molecule has 3 rings (SSSR count). The van der Waals surface area contributed by atoms with Crippen LogP contribution in [0.1, 0.15) is 35.2 Å². The van der Waals surface area contributed by atoms with Gasteiger partial charge in [0.05, 0.1) is 11.2 Å². The largest absolute Gasteiger partial charge is 0.459 e. The third-order valence-electron chi connectivity index (χ3n) is 4.52. The predicted molar refractivity (Wildman–Crippen MR) is 103 cm³/mol. The van der Waals surface area contributed by atoms with E-state index in [0.29, 0.717) is 12.1 Å². The first kappa shape index (κ1) is 19.0. The van der Waals surface area contributed by atoms with Crippen molar-refractivity contribution in [1.82, 2.24) is 4.57 Å². The van der Waals surface area contributed by atoms with Crippen molar-refractivity contribution in [2.75, 3.05) is 5.32 Å². The Balaban J connectivity index is 2.18. The highest BCUT2D eigenvalue weighted by Gasteiger charge is 2.30. The van der Waals surface area contributed by atoms with Crippen LogP contribution in [0, 0.1) is 13.8 Å². The molecule has 6 nitrogen and oxygen atoms in total. The number of rotatable bonds is 6. The molecular weight excluding hydrogens is 364 g/mol. The molecule has 2 heterocycles. The number of nitrogens with one attached hydrogen (secondary N) is 1. The fourth-order valence-electron chi connectivity index (χ4n) is 3.09. The summed E-state index contributed by atoms with van der Waals surface area (Å²) < 4.78 is 33.6. The molecule has 1 N–H and O–H groups in total. The molecule has 0 aliphatic rings. The Kier molecular flexibility index (Phi) is 5.23. The van der Waals surface area contributed by atoms with Crippen LogP contribution in [-0.2, 0) is 16.4 Å². The van der Waals surface area contributed by atoms with Crippen molar-refractivity contribution < 1.29 is 17.6 Å². The number of anilines is 1. The van der Waals surface area contributed by atoms with Crippen molar-refractivity contribution in [2.45, 2.75) is 43.5 Å². The van der Waals surface area contributed by atoms with Gasteiger partial charge in [0.15, 0.2) is 5.76 Å². The van der Waals surface area contributed by atoms with Gasteiger partial charge in [-0.1, -0.05) is 25.1 Å². The minimum atomic E-state index is -3.80. The summed E-state index contributed by atoms with van der Waals surface area (Å²) in [5.41, 5.74) is 1.43. The first-order valence-electron chi connectivity index (χ1n) is 8.72. The molecular formula is C20H22N2O4S. The van der Waals surface area contributed by atoms with Crippen LogP contribution in [0.25, 0.3) is 0 Å². The summed E-state index contributed by atoms with van der Waals surface area (Å²) in [6, 6.07) is 11.4. The summed E-state index contributed by atoms with van der Waals surface area (Å²) in [5.74, 6) is -0.0888. The Morgan fingerprint density at radius 1 is 1.11 bits per heavy atom. The van der Waals surface area contributed by atoms with Gasteiger partial charge in [0, 0.05) is 12.2 Å². The fraction of sp³-hybridized carbons (Fsp3) is 0.250. The van der Waals surface area contributed by atoms with Gasteiger partial charge in [-0.05, 0) is 50.1 Å². The molecule has 1 amide bonds. The maximum atomic E-state index is 13.3. The van der Waals surface area contributed by atoms with Crippen LogP contribution in [0.15, 0.2) is 62.9 Å². The van der Waals surface area contributed by atoms with Crippen LogP contribution in [0.3, 0.4) is 0 Å². The van der Waals surface area contributed by atoms with E-state index in [4.69, 9.17) is 4.42 Å². The number of hydrogen-bond donors (Lipinski definition) is 1. The van der Waals surface area contributed by atoms with E-state index >= 15 is 0 Å². The predicted octanol–water partition coefficient (Wildman–Crippen LogP) is 4.19. The molecule has 0 bridgehead atoms. The molecule has 2 aromatic heterocycles. The molecule has 0 fully saturated rings. The average molecular weight is 386 g/mol. The van der Waals surface area contributed by atoms with Crippen LogP contribution in [0.4, 0.5) is 5.82 Å². The highest BCUT2D eigenvalue weighted by molar-refractivity contribution is 7.91. The number of furan rings is 1. The number of carbonyl (C=O) groups is 1. The molecule has 0 aliphatic carbocycles. The van der Waals surface area contributed by atoms with Gasteiger partial charge < -0.3 is 14.3 Å². The summed E-state index contributed by atoms with van der Waals surface area (Å²) in [6.45, 7) is 6.21. The first-order chi connectivity index (χ1) is 12.9. The van der Waals surface area contributed by atoms with Crippen molar-refractivity contribution in [1.29, 1.82) is 0 Å². The molecule has 0 saturated heterocycles. The van der Waals surface area contributed by atoms with E-state index < -0.39 is 15.7 Å². The second-order valence-corrected chi connectivity index (χ2v) is 8.17. The van der Waals surface area contributed by atoms with Crippen molar-refractivity contribution in [3.8, 4) is 0 Å². The molecule has 3 aromatic rings. The zero-order valence-corrected chi connectivity index (χ0v) is 16.3. The summed E-state index contributed by atoms with van der Waals surface area (Å²) in [5, 5.41) is 2.76. The van der Waals surface area contributed by atoms with Gasteiger partial charge in [-0.2, -0.15) is 0 Å². The Labute approximate surface area is 158 Å². The topological polar surface area (TPSA) is 81.3 Å². The number of amides is 1. The highest BCUT2D eigenvalue weighted by Crippen LogP contribution is 2.35. The van der Waals surface area contributed by atoms with E-state index in [1.54, 1.807) is 43.3 Å². The fourth-order valence-corrected chi connectivity index (χ4v) is 4.80. The summed E-state index contributed by atoms with van der Waals surface area (Å²) >= 11 is 0. The van der Waals surface area contributed by atoms with Crippen molar-refractivity contribution in [3.63, 3.8) is 0 Å². The highest BCUT2D eigenvalue weighted by atomic mass is 32.2. The number of hydrogen-bond acceptors (Lipinski definition) is 4. The maximum absolute atomic E-state index is 13.3. The van der Waals surface area contributed by atoms with Gasteiger partial charge in [0.1, 0.15) is 10.7 Å². The lowest BCUT2D eigenvalue weighted by Gasteiger charge is -2.13. The second kappa shape index (κ2) is 7.44. The molecule has 0 atom stereocenters. The molecule has 1 aromatic carbocycles. The number of nitrogens with zero attached hydrogens (tertiary/aromatic N) is 1. The molecule has 0 saturated carbocycles. The maximum Gasteiger partial charge on any atom is 0.292 e. The Bertz CT molecular complexity index is 1050. The lowest BCUT2D eigenvalue weighted by atomic mass is 10.3. The molecule has 0 spiro atoms. The lowest BCUT2D eigenvalue weighted by Crippen LogP contribution is -2.17.